The average Bonchev–Trinajstić information content (AvgIpc) is 3.12. The second kappa shape index (κ2) is 10.5. The summed E-state index contributed by atoms with van der Waals surface area (Å²) in [7, 11) is 3.81. The highest BCUT2D eigenvalue weighted by molar-refractivity contribution is 6.46. The van der Waals surface area contributed by atoms with Gasteiger partial charge in [0.2, 0.25) is 0 Å². The number of aliphatic hydroxyl groups is 1. The molecule has 1 N–H and O–H groups in total. The summed E-state index contributed by atoms with van der Waals surface area (Å²) in [6.45, 7) is 3.19. The third-order valence-electron chi connectivity index (χ3n) is 6.03. The average molecular weight is 472 g/mol. The number of carbonyl (C=O) groups is 2. The molecule has 1 aliphatic heterocycles. The molecule has 0 aliphatic carbocycles. The van der Waals surface area contributed by atoms with E-state index in [2.05, 4.69) is 4.98 Å². The van der Waals surface area contributed by atoms with Crippen LogP contribution in [0.2, 0.25) is 0 Å². The number of likely N-dealkylation sites (N-methyl/N-ethyl adjacent to an activating group) is 1. The summed E-state index contributed by atoms with van der Waals surface area (Å²) in [5.41, 5.74) is 3.01. The zero-order valence-electron chi connectivity index (χ0n) is 20.1. The van der Waals surface area contributed by atoms with Gasteiger partial charge in [-0.3, -0.25) is 14.6 Å². The Hall–Kier alpha value is -3.97. The smallest absolute Gasteiger partial charge is 0.295 e. The molecule has 180 valence electrons. The van der Waals surface area contributed by atoms with Crippen LogP contribution in [0.25, 0.3) is 5.76 Å². The van der Waals surface area contributed by atoms with Gasteiger partial charge in [-0.1, -0.05) is 36.4 Å². The normalized spacial score (nSPS) is 17.3. The molecule has 2 aromatic carbocycles. The predicted octanol–water partition coefficient (Wildman–Crippen LogP) is 3.95. The van der Waals surface area contributed by atoms with Crippen molar-refractivity contribution in [2.45, 2.75) is 19.6 Å². The molecular weight excluding hydrogens is 442 g/mol. The molecule has 0 radical (unpaired) electrons. The number of aryl methyl sites for hydroxylation is 1. The highest BCUT2D eigenvalue weighted by Crippen LogP contribution is 2.39. The SMILES string of the molecule is Cc1cc(OCc2ccccc2)ccc1C(O)=C1C(=O)C(=O)N(CCN(C)C)C1c1cccnc1. The molecule has 0 bridgehead atoms. The Kier molecular flexibility index (Phi) is 7.27. The number of carbonyl (C=O) groups excluding carboxylic acids is 2. The van der Waals surface area contributed by atoms with Crippen molar-refractivity contribution in [1.82, 2.24) is 14.8 Å². The first-order valence-electron chi connectivity index (χ1n) is 11.5. The van der Waals surface area contributed by atoms with Gasteiger partial charge in [0.25, 0.3) is 11.7 Å². The van der Waals surface area contributed by atoms with Crippen molar-refractivity contribution >= 4 is 17.4 Å². The van der Waals surface area contributed by atoms with E-state index in [1.54, 1.807) is 30.6 Å². The molecule has 4 rings (SSSR count). The van der Waals surface area contributed by atoms with Crippen LogP contribution in [0.4, 0.5) is 0 Å². The van der Waals surface area contributed by atoms with E-state index in [9.17, 15) is 14.7 Å². The maximum atomic E-state index is 13.1. The largest absolute Gasteiger partial charge is 0.507 e. The summed E-state index contributed by atoms with van der Waals surface area (Å²) in [6.07, 6.45) is 3.26. The Morgan fingerprint density at radius 3 is 2.51 bits per heavy atom. The van der Waals surface area contributed by atoms with Crippen LogP contribution in [-0.2, 0) is 16.2 Å². The van der Waals surface area contributed by atoms with Crippen molar-refractivity contribution in [3.63, 3.8) is 0 Å². The van der Waals surface area contributed by atoms with Crippen molar-refractivity contribution in [2.24, 2.45) is 0 Å². The van der Waals surface area contributed by atoms with Gasteiger partial charge in [-0.05, 0) is 62.0 Å². The summed E-state index contributed by atoms with van der Waals surface area (Å²) in [5, 5.41) is 11.3. The van der Waals surface area contributed by atoms with Crippen molar-refractivity contribution in [1.29, 1.82) is 0 Å². The number of rotatable bonds is 8. The van der Waals surface area contributed by atoms with Gasteiger partial charge in [-0.25, -0.2) is 0 Å². The number of hydrogen-bond donors (Lipinski definition) is 1. The quantitative estimate of drug-likeness (QED) is 0.304. The van der Waals surface area contributed by atoms with Crippen molar-refractivity contribution in [3.05, 3.63) is 101 Å². The number of pyridine rings is 1. The molecule has 2 heterocycles. The lowest BCUT2D eigenvalue weighted by Gasteiger charge is -2.26. The van der Waals surface area contributed by atoms with Gasteiger partial charge in [0, 0.05) is 31.0 Å². The van der Waals surface area contributed by atoms with Gasteiger partial charge in [0.1, 0.15) is 18.1 Å². The van der Waals surface area contributed by atoms with E-state index in [4.69, 9.17) is 4.74 Å². The minimum absolute atomic E-state index is 0.0720. The number of aromatic nitrogens is 1. The molecule has 0 saturated carbocycles. The maximum absolute atomic E-state index is 13.1. The minimum atomic E-state index is -0.711. The Bertz CT molecular complexity index is 1240. The standard InChI is InChI=1S/C28H29N3O4/c1-19-16-22(35-18-20-8-5-4-6-9-20)11-12-23(19)26(32)24-25(21-10-7-13-29-17-21)31(15-14-30(2)3)28(34)27(24)33/h4-13,16-17,25,32H,14-15,18H2,1-3H3. The minimum Gasteiger partial charge on any atom is -0.507 e. The van der Waals surface area contributed by atoms with Crippen molar-refractivity contribution in [3.8, 4) is 5.75 Å². The molecule has 7 heteroatoms. The summed E-state index contributed by atoms with van der Waals surface area (Å²) in [4.78, 5) is 33.7. The topological polar surface area (TPSA) is 83.0 Å². The van der Waals surface area contributed by atoms with Crippen LogP contribution < -0.4 is 4.74 Å². The first-order valence-corrected chi connectivity index (χ1v) is 11.5. The lowest BCUT2D eigenvalue weighted by Crippen LogP contribution is -2.35. The number of hydrogen-bond acceptors (Lipinski definition) is 6. The third-order valence-corrected chi connectivity index (χ3v) is 6.03. The van der Waals surface area contributed by atoms with E-state index >= 15 is 0 Å². The molecule has 35 heavy (non-hydrogen) atoms. The van der Waals surface area contributed by atoms with Crippen LogP contribution in [0.15, 0.2) is 78.6 Å². The zero-order chi connectivity index (χ0) is 24.9. The van der Waals surface area contributed by atoms with Crippen LogP contribution in [0, 0.1) is 6.92 Å². The number of likely N-dealkylation sites (tertiary alicyclic amines) is 1. The van der Waals surface area contributed by atoms with Gasteiger partial charge in [-0.15, -0.1) is 0 Å². The molecule has 1 amide bonds. The van der Waals surface area contributed by atoms with Crippen molar-refractivity contribution in [2.75, 3.05) is 27.2 Å². The van der Waals surface area contributed by atoms with E-state index in [1.807, 2.05) is 68.4 Å². The van der Waals surface area contributed by atoms with Gasteiger partial charge >= 0.3 is 0 Å². The number of amides is 1. The third kappa shape index (κ3) is 5.25. The fourth-order valence-corrected chi connectivity index (χ4v) is 4.18. The van der Waals surface area contributed by atoms with Crippen LogP contribution in [0.3, 0.4) is 0 Å². The van der Waals surface area contributed by atoms with Gasteiger partial charge in [-0.2, -0.15) is 0 Å². The lowest BCUT2D eigenvalue weighted by molar-refractivity contribution is -0.140. The molecule has 7 nitrogen and oxygen atoms in total. The van der Waals surface area contributed by atoms with Crippen LogP contribution in [0.1, 0.15) is 28.3 Å². The maximum Gasteiger partial charge on any atom is 0.295 e. The second-order valence-electron chi connectivity index (χ2n) is 8.83. The lowest BCUT2D eigenvalue weighted by atomic mass is 9.94. The second-order valence-corrected chi connectivity index (χ2v) is 8.83. The van der Waals surface area contributed by atoms with E-state index in [-0.39, 0.29) is 11.3 Å². The molecule has 1 aromatic heterocycles. The number of nitrogens with zero attached hydrogens (tertiary/aromatic N) is 3. The number of ether oxygens (including phenoxy) is 1. The van der Waals surface area contributed by atoms with Gasteiger partial charge in [0.15, 0.2) is 0 Å². The Labute approximate surface area is 205 Å². The van der Waals surface area contributed by atoms with Crippen LogP contribution in [0.5, 0.6) is 5.75 Å². The monoisotopic (exact) mass is 471 g/mol. The predicted molar refractivity (Wildman–Crippen MR) is 134 cm³/mol. The summed E-state index contributed by atoms with van der Waals surface area (Å²) in [5.74, 6) is -0.864. The van der Waals surface area contributed by atoms with Gasteiger partial charge in [0.05, 0.1) is 11.6 Å². The van der Waals surface area contributed by atoms with E-state index in [0.717, 1.165) is 11.1 Å². The molecule has 1 aliphatic rings. The first kappa shape index (κ1) is 24.2. The van der Waals surface area contributed by atoms with Crippen LogP contribution >= 0.6 is 0 Å². The van der Waals surface area contributed by atoms with Gasteiger partial charge < -0.3 is 19.6 Å². The highest BCUT2D eigenvalue weighted by atomic mass is 16.5. The molecule has 1 atom stereocenters. The Morgan fingerprint density at radius 2 is 1.86 bits per heavy atom. The molecule has 3 aromatic rings. The van der Waals surface area contributed by atoms with E-state index in [0.29, 0.717) is 36.6 Å². The molecule has 1 fully saturated rings. The fraction of sp³-hybridized carbons (Fsp3) is 0.250. The molecular formula is C28H29N3O4. The number of Topliss-reactive ketones (excluding diaryl/α,β-unsaturated/α-hetero) is 1. The zero-order valence-corrected chi connectivity index (χ0v) is 20.1. The fourth-order valence-electron chi connectivity index (χ4n) is 4.18. The molecule has 1 unspecified atom stereocenters. The Morgan fingerprint density at radius 1 is 1.09 bits per heavy atom. The number of aliphatic hydroxyl groups excluding tert-OH is 1. The Balaban J connectivity index is 1.68. The molecule has 0 spiro atoms. The summed E-state index contributed by atoms with van der Waals surface area (Å²) in [6, 6.07) is 18.0. The first-order chi connectivity index (χ1) is 16.9. The van der Waals surface area contributed by atoms with E-state index in [1.165, 1.54) is 4.90 Å². The van der Waals surface area contributed by atoms with Crippen LogP contribution in [-0.4, -0.2) is 58.8 Å². The van der Waals surface area contributed by atoms with Crippen molar-refractivity contribution < 1.29 is 19.4 Å². The number of benzene rings is 2. The highest BCUT2D eigenvalue weighted by Gasteiger charge is 2.46. The number of ketones is 1. The molecule has 1 saturated heterocycles. The van der Waals surface area contributed by atoms with E-state index < -0.39 is 17.7 Å². The summed E-state index contributed by atoms with van der Waals surface area (Å²) < 4.78 is 5.89. The summed E-state index contributed by atoms with van der Waals surface area (Å²) >= 11 is 0.